The molecule has 0 aliphatic rings. The minimum Gasteiger partial charge on any atom is -0.493 e. The molecule has 0 aliphatic carbocycles. The second kappa shape index (κ2) is 14.2. The Labute approximate surface area is 248 Å². The molecular formula is C29H27F7O7S. The number of esters is 1. The summed E-state index contributed by atoms with van der Waals surface area (Å²) < 4.78 is 142. The van der Waals surface area contributed by atoms with Crippen molar-refractivity contribution in [2.24, 2.45) is 0 Å². The Hall–Kier alpha value is -4.01. The quantitative estimate of drug-likeness (QED) is 0.106. The van der Waals surface area contributed by atoms with Crippen LogP contribution in [0.15, 0.2) is 41.3 Å². The van der Waals surface area contributed by atoms with Gasteiger partial charge >= 0.3 is 11.5 Å². The van der Waals surface area contributed by atoms with Gasteiger partial charge in [-0.1, -0.05) is 20.8 Å². The van der Waals surface area contributed by atoms with Gasteiger partial charge in [-0.15, -0.1) is 0 Å². The molecule has 3 aromatic carbocycles. The Balaban J connectivity index is 2.05. The van der Waals surface area contributed by atoms with E-state index in [9.17, 15) is 35.2 Å². The number of hydrogen-bond acceptors (Lipinski definition) is 7. The number of sulfone groups is 1. The summed E-state index contributed by atoms with van der Waals surface area (Å²) in [7, 11) is -6.45. The summed E-state index contributed by atoms with van der Waals surface area (Å²) in [6, 6.07) is 4.48. The molecule has 0 radical (unpaired) electrons. The lowest BCUT2D eigenvalue weighted by atomic mass is 10.00. The van der Waals surface area contributed by atoms with Crippen LogP contribution < -0.4 is 18.9 Å². The molecule has 3 rings (SSSR count). The summed E-state index contributed by atoms with van der Waals surface area (Å²) in [5.74, 6) is -9.69. The van der Waals surface area contributed by atoms with Crippen LogP contribution >= 0.6 is 0 Å². The first kappa shape index (κ1) is 34.5. The molecule has 0 heterocycles. The molecule has 0 amide bonds. The lowest BCUT2D eigenvalue weighted by Crippen LogP contribution is -2.25. The zero-order chi connectivity index (χ0) is 32.8. The molecule has 0 spiro atoms. The van der Waals surface area contributed by atoms with Crippen molar-refractivity contribution < 1.29 is 62.9 Å². The van der Waals surface area contributed by atoms with Crippen LogP contribution in [0.3, 0.4) is 0 Å². The van der Waals surface area contributed by atoms with E-state index in [0.29, 0.717) is 31.6 Å². The van der Waals surface area contributed by atoms with Crippen molar-refractivity contribution in [1.29, 1.82) is 0 Å². The molecular weight excluding hydrogens is 625 g/mol. The molecule has 7 nitrogen and oxygen atoms in total. The van der Waals surface area contributed by atoms with Gasteiger partial charge in [0.2, 0.25) is 0 Å². The normalized spacial score (nSPS) is 11.8. The van der Waals surface area contributed by atoms with E-state index < -0.39 is 60.8 Å². The van der Waals surface area contributed by atoms with Gasteiger partial charge in [-0.25, -0.2) is 30.8 Å². The molecule has 15 heteroatoms. The zero-order valence-corrected chi connectivity index (χ0v) is 24.4. The molecule has 44 heavy (non-hydrogen) atoms. The molecule has 0 bridgehead atoms. The number of benzene rings is 3. The van der Waals surface area contributed by atoms with E-state index in [1.54, 1.807) is 0 Å². The fourth-order valence-electron chi connectivity index (χ4n) is 3.84. The average Bonchev–Trinajstić information content (AvgIpc) is 2.92. The smallest absolute Gasteiger partial charge is 0.493 e. The average molecular weight is 653 g/mol. The molecule has 0 atom stereocenters. The lowest BCUT2D eigenvalue weighted by Gasteiger charge is -2.19. The van der Waals surface area contributed by atoms with E-state index in [2.05, 4.69) is 4.74 Å². The summed E-state index contributed by atoms with van der Waals surface area (Å²) in [5, 5.41) is 0. The van der Waals surface area contributed by atoms with E-state index in [0.717, 1.165) is 12.1 Å². The summed E-state index contributed by atoms with van der Waals surface area (Å²) in [5.41, 5.74) is -7.32. The largest absolute Gasteiger partial charge is 0.502 e. The van der Waals surface area contributed by atoms with Crippen LogP contribution in [0.2, 0.25) is 0 Å². The van der Waals surface area contributed by atoms with E-state index in [1.807, 2.05) is 20.8 Å². The number of hydrogen-bond donors (Lipinski definition) is 0. The zero-order valence-electron chi connectivity index (χ0n) is 23.6. The maximum atomic E-state index is 15.3. The first-order valence-electron chi connectivity index (χ1n) is 13.2. The van der Waals surface area contributed by atoms with Gasteiger partial charge in [0.25, 0.3) is 9.84 Å². The van der Waals surface area contributed by atoms with E-state index in [-0.39, 0.29) is 48.0 Å². The Morgan fingerprint density at radius 3 is 1.57 bits per heavy atom. The number of rotatable bonds is 13. The van der Waals surface area contributed by atoms with Crippen LogP contribution in [-0.2, 0) is 9.84 Å². The Bertz CT molecular complexity index is 1550. The monoisotopic (exact) mass is 652 g/mol. The van der Waals surface area contributed by atoms with Crippen LogP contribution in [0.25, 0.3) is 11.1 Å². The van der Waals surface area contributed by atoms with E-state index in [4.69, 9.17) is 14.2 Å². The highest BCUT2D eigenvalue weighted by atomic mass is 32.2. The fourth-order valence-corrected chi connectivity index (χ4v) is 4.71. The second-order valence-electron chi connectivity index (χ2n) is 9.21. The first-order chi connectivity index (χ1) is 20.7. The minimum absolute atomic E-state index is 0.0410. The van der Waals surface area contributed by atoms with Crippen molar-refractivity contribution in [2.75, 3.05) is 19.8 Å². The maximum absolute atomic E-state index is 15.3. The van der Waals surface area contributed by atoms with Gasteiger partial charge < -0.3 is 18.9 Å². The molecule has 0 unspecified atom stereocenters. The summed E-state index contributed by atoms with van der Waals surface area (Å²) >= 11 is 0. The molecule has 0 fully saturated rings. The van der Waals surface area contributed by atoms with Gasteiger partial charge in [0.1, 0.15) is 56.7 Å². The van der Waals surface area contributed by atoms with Gasteiger partial charge in [-0.05, 0) is 37.0 Å². The van der Waals surface area contributed by atoms with Crippen LogP contribution in [0, 0.1) is 23.3 Å². The van der Waals surface area contributed by atoms with Gasteiger partial charge in [0, 0.05) is 24.3 Å². The predicted molar refractivity (Wildman–Crippen MR) is 144 cm³/mol. The molecule has 0 saturated heterocycles. The fraction of sp³-hybridized carbons (Fsp3) is 0.345. The van der Waals surface area contributed by atoms with Crippen molar-refractivity contribution in [3.05, 3.63) is 65.2 Å². The van der Waals surface area contributed by atoms with Crippen LogP contribution in [0.1, 0.15) is 50.4 Å². The molecule has 0 aromatic heterocycles. The molecule has 240 valence electrons. The Morgan fingerprint density at radius 2 is 1.14 bits per heavy atom. The van der Waals surface area contributed by atoms with Gasteiger partial charge in [0.05, 0.1) is 25.4 Å². The van der Waals surface area contributed by atoms with Crippen molar-refractivity contribution >= 4 is 15.8 Å². The van der Waals surface area contributed by atoms with Crippen LogP contribution in [0.5, 0.6) is 23.0 Å². The number of halogens is 7. The highest BCUT2D eigenvalue weighted by Gasteiger charge is 2.50. The Morgan fingerprint density at radius 1 is 0.682 bits per heavy atom. The van der Waals surface area contributed by atoms with Crippen molar-refractivity contribution in [2.45, 2.75) is 50.4 Å². The third-order valence-corrected chi connectivity index (χ3v) is 7.26. The number of carbonyl (C=O) groups excluding carboxylic acids is 1. The summed E-state index contributed by atoms with van der Waals surface area (Å²) in [6.07, 6.45) is 1.87. The van der Waals surface area contributed by atoms with E-state index in [1.165, 1.54) is 12.1 Å². The summed E-state index contributed by atoms with van der Waals surface area (Å²) in [6.45, 7) is 6.40. The number of carbonyl (C=O) groups is 1. The maximum Gasteiger partial charge on any atom is 0.502 e. The lowest BCUT2D eigenvalue weighted by molar-refractivity contribution is -0.0439. The SMILES string of the molecule is CCCOc1cc(OCCC)c(-c2cc(F)c(C(=O)Oc3cc(F)c(S(=O)(=O)C(F)(F)F)c(F)c3)c(F)c2)c(OCCC)c1. The van der Waals surface area contributed by atoms with Crippen LogP contribution in [-0.4, -0.2) is 39.7 Å². The van der Waals surface area contributed by atoms with Gasteiger partial charge in [-0.2, -0.15) is 13.2 Å². The van der Waals surface area contributed by atoms with E-state index >= 15 is 8.78 Å². The summed E-state index contributed by atoms with van der Waals surface area (Å²) in [4.78, 5) is 10.3. The van der Waals surface area contributed by atoms with Crippen molar-refractivity contribution in [1.82, 2.24) is 0 Å². The van der Waals surface area contributed by atoms with Crippen LogP contribution in [0.4, 0.5) is 30.7 Å². The third-order valence-electron chi connectivity index (χ3n) is 5.73. The second-order valence-corrected chi connectivity index (χ2v) is 11.1. The topological polar surface area (TPSA) is 88.1 Å². The highest BCUT2D eigenvalue weighted by molar-refractivity contribution is 7.92. The Kier molecular flexibility index (Phi) is 11.1. The minimum atomic E-state index is -6.45. The third kappa shape index (κ3) is 7.55. The molecule has 3 aromatic rings. The number of alkyl halides is 3. The molecule has 0 saturated carbocycles. The molecule has 0 aliphatic heterocycles. The van der Waals surface area contributed by atoms with Crippen molar-refractivity contribution in [3.63, 3.8) is 0 Å². The van der Waals surface area contributed by atoms with Gasteiger partial charge in [0.15, 0.2) is 0 Å². The van der Waals surface area contributed by atoms with Gasteiger partial charge in [-0.3, -0.25) is 0 Å². The van der Waals surface area contributed by atoms with Crippen molar-refractivity contribution in [3.8, 4) is 34.1 Å². The molecule has 0 N–H and O–H groups in total. The number of ether oxygens (including phenoxy) is 4. The predicted octanol–water partition coefficient (Wildman–Crippen LogP) is 7.79. The standard InChI is InChI=1S/C29H27F7O7S/c1-4-7-40-17-14-23(41-8-5-2)25(24(15-17)42-9-6-3)16-10-19(30)26(20(31)11-16)28(37)43-18-12-21(32)27(22(33)13-18)44(38,39)29(34,35)36/h10-15H,4-9H2,1-3H3. The highest BCUT2D eigenvalue weighted by Crippen LogP contribution is 2.43. The first-order valence-corrected chi connectivity index (χ1v) is 14.7.